The van der Waals surface area contributed by atoms with Crippen LogP contribution < -0.4 is 5.32 Å². The number of aromatic nitrogens is 1. The van der Waals surface area contributed by atoms with E-state index in [2.05, 4.69) is 64.5 Å². The molecule has 0 unspecified atom stereocenters. The van der Waals surface area contributed by atoms with Crippen LogP contribution in [0.5, 0.6) is 0 Å². The average molecular weight is 281 g/mol. The second-order valence-corrected chi connectivity index (χ2v) is 5.72. The maximum atomic E-state index is 3.49. The number of fused-ring (bicyclic) bond motifs is 1. The predicted octanol–water partition coefficient (Wildman–Crippen LogP) is 3.43. The standard InChI is InChI=1S/C13H17BrN2/c1-13(2,8-15-3)11-7-16-12-6-9(14)4-5-10(11)12/h4-7,15-16H,8H2,1-3H3. The normalized spacial score (nSPS) is 12.2. The molecule has 0 atom stereocenters. The van der Waals surface area contributed by atoms with Gasteiger partial charge in [-0.1, -0.05) is 35.8 Å². The summed E-state index contributed by atoms with van der Waals surface area (Å²) in [5.74, 6) is 0. The van der Waals surface area contributed by atoms with E-state index in [4.69, 9.17) is 0 Å². The van der Waals surface area contributed by atoms with E-state index in [1.807, 2.05) is 7.05 Å². The molecule has 16 heavy (non-hydrogen) atoms. The molecule has 0 fully saturated rings. The molecule has 0 saturated carbocycles. The summed E-state index contributed by atoms with van der Waals surface area (Å²) in [5.41, 5.74) is 2.69. The molecular formula is C13H17BrN2. The number of benzene rings is 1. The summed E-state index contributed by atoms with van der Waals surface area (Å²) in [6, 6.07) is 6.38. The molecule has 2 nitrogen and oxygen atoms in total. The maximum absolute atomic E-state index is 3.49. The Bertz CT molecular complexity index is 500. The van der Waals surface area contributed by atoms with Crippen LogP contribution in [0.3, 0.4) is 0 Å². The van der Waals surface area contributed by atoms with Gasteiger partial charge in [0.25, 0.3) is 0 Å². The maximum Gasteiger partial charge on any atom is 0.0468 e. The first-order chi connectivity index (χ1) is 7.54. The highest BCUT2D eigenvalue weighted by molar-refractivity contribution is 9.10. The summed E-state index contributed by atoms with van der Waals surface area (Å²) in [5, 5.41) is 4.56. The molecule has 0 amide bonds. The Morgan fingerprint density at radius 1 is 1.38 bits per heavy atom. The molecular weight excluding hydrogens is 264 g/mol. The molecule has 0 radical (unpaired) electrons. The van der Waals surface area contributed by atoms with Crippen molar-refractivity contribution >= 4 is 26.8 Å². The van der Waals surface area contributed by atoms with E-state index >= 15 is 0 Å². The van der Waals surface area contributed by atoms with Crippen LogP contribution in [0.1, 0.15) is 19.4 Å². The molecule has 1 aromatic carbocycles. The van der Waals surface area contributed by atoms with Gasteiger partial charge in [-0.3, -0.25) is 0 Å². The number of likely N-dealkylation sites (N-methyl/N-ethyl adjacent to an activating group) is 1. The largest absolute Gasteiger partial charge is 0.361 e. The van der Waals surface area contributed by atoms with Crippen molar-refractivity contribution in [3.05, 3.63) is 34.4 Å². The fourth-order valence-electron chi connectivity index (χ4n) is 2.20. The number of H-pyrrole nitrogens is 1. The van der Waals surface area contributed by atoms with Crippen LogP contribution >= 0.6 is 15.9 Å². The smallest absolute Gasteiger partial charge is 0.0468 e. The van der Waals surface area contributed by atoms with E-state index < -0.39 is 0 Å². The second-order valence-electron chi connectivity index (χ2n) is 4.81. The summed E-state index contributed by atoms with van der Waals surface area (Å²) in [6.45, 7) is 5.48. The van der Waals surface area contributed by atoms with Crippen molar-refractivity contribution in [2.45, 2.75) is 19.3 Å². The minimum Gasteiger partial charge on any atom is -0.361 e. The Kier molecular flexibility index (Phi) is 3.08. The molecule has 0 bridgehead atoms. The zero-order valence-corrected chi connectivity index (χ0v) is 11.5. The zero-order valence-electron chi connectivity index (χ0n) is 9.89. The van der Waals surface area contributed by atoms with Crippen LogP contribution in [0.25, 0.3) is 10.9 Å². The molecule has 0 spiro atoms. The van der Waals surface area contributed by atoms with Crippen molar-refractivity contribution in [3.63, 3.8) is 0 Å². The van der Waals surface area contributed by atoms with Gasteiger partial charge in [0.15, 0.2) is 0 Å². The Hall–Kier alpha value is -0.800. The van der Waals surface area contributed by atoms with Gasteiger partial charge in [-0.2, -0.15) is 0 Å². The van der Waals surface area contributed by atoms with Crippen molar-refractivity contribution in [3.8, 4) is 0 Å². The van der Waals surface area contributed by atoms with E-state index in [-0.39, 0.29) is 5.41 Å². The van der Waals surface area contributed by atoms with Gasteiger partial charge >= 0.3 is 0 Å². The molecule has 2 N–H and O–H groups in total. The summed E-state index contributed by atoms with van der Waals surface area (Å²) in [4.78, 5) is 3.34. The van der Waals surface area contributed by atoms with Gasteiger partial charge < -0.3 is 10.3 Å². The van der Waals surface area contributed by atoms with E-state index in [1.54, 1.807) is 0 Å². The van der Waals surface area contributed by atoms with Crippen molar-refractivity contribution in [2.24, 2.45) is 0 Å². The van der Waals surface area contributed by atoms with Crippen molar-refractivity contribution in [1.82, 2.24) is 10.3 Å². The Labute approximate surface area is 105 Å². The highest BCUT2D eigenvalue weighted by Gasteiger charge is 2.22. The number of halogens is 1. The SMILES string of the molecule is CNCC(C)(C)c1c[nH]c2cc(Br)ccc12. The average Bonchev–Trinajstić information content (AvgIpc) is 2.60. The molecule has 0 aliphatic heterocycles. The van der Waals surface area contributed by atoms with Crippen LogP contribution in [0, 0.1) is 0 Å². The molecule has 0 saturated heterocycles. The van der Waals surface area contributed by atoms with Crippen LogP contribution in [-0.2, 0) is 5.41 Å². The molecule has 2 aromatic rings. The van der Waals surface area contributed by atoms with Crippen LogP contribution in [-0.4, -0.2) is 18.6 Å². The first kappa shape index (κ1) is 11.7. The van der Waals surface area contributed by atoms with Gasteiger partial charge in [-0.05, 0) is 24.7 Å². The third-order valence-corrected chi connectivity index (χ3v) is 3.48. The Morgan fingerprint density at radius 3 is 2.81 bits per heavy atom. The van der Waals surface area contributed by atoms with Crippen molar-refractivity contribution < 1.29 is 0 Å². The van der Waals surface area contributed by atoms with Gasteiger partial charge in [0.2, 0.25) is 0 Å². The lowest BCUT2D eigenvalue weighted by atomic mass is 9.84. The first-order valence-electron chi connectivity index (χ1n) is 5.46. The van der Waals surface area contributed by atoms with E-state index in [9.17, 15) is 0 Å². The summed E-state index contributed by atoms with van der Waals surface area (Å²) >= 11 is 3.49. The van der Waals surface area contributed by atoms with E-state index in [0.29, 0.717) is 0 Å². The minimum absolute atomic E-state index is 0.140. The number of rotatable bonds is 3. The molecule has 86 valence electrons. The van der Waals surface area contributed by atoms with Gasteiger partial charge in [0.1, 0.15) is 0 Å². The third kappa shape index (κ3) is 2.02. The van der Waals surface area contributed by atoms with Crippen LogP contribution in [0.15, 0.2) is 28.9 Å². The number of aromatic amines is 1. The monoisotopic (exact) mass is 280 g/mol. The molecule has 1 heterocycles. The molecule has 0 aliphatic rings. The highest BCUT2D eigenvalue weighted by Crippen LogP contribution is 2.31. The predicted molar refractivity (Wildman–Crippen MR) is 73.0 cm³/mol. The molecule has 3 heteroatoms. The minimum atomic E-state index is 0.140. The third-order valence-electron chi connectivity index (χ3n) is 2.99. The quantitative estimate of drug-likeness (QED) is 0.886. The topological polar surface area (TPSA) is 27.8 Å². The zero-order chi connectivity index (χ0) is 11.8. The summed E-state index contributed by atoms with van der Waals surface area (Å²) < 4.78 is 1.11. The van der Waals surface area contributed by atoms with E-state index in [1.165, 1.54) is 16.5 Å². The Balaban J connectivity index is 2.53. The number of hydrogen-bond donors (Lipinski definition) is 2. The lowest BCUT2D eigenvalue weighted by molar-refractivity contribution is 0.498. The molecule has 1 aromatic heterocycles. The van der Waals surface area contributed by atoms with Gasteiger partial charge in [-0.15, -0.1) is 0 Å². The van der Waals surface area contributed by atoms with Crippen LogP contribution in [0.2, 0.25) is 0 Å². The molecule has 0 aliphatic carbocycles. The van der Waals surface area contributed by atoms with Crippen LogP contribution in [0.4, 0.5) is 0 Å². The fourth-order valence-corrected chi connectivity index (χ4v) is 2.56. The van der Waals surface area contributed by atoms with Crippen molar-refractivity contribution in [2.75, 3.05) is 13.6 Å². The highest BCUT2D eigenvalue weighted by atomic mass is 79.9. The number of nitrogens with one attached hydrogen (secondary N) is 2. The van der Waals surface area contributed by atoms with Crippen molar-refractivity contribution in [1.29, 1.82) is 0 Å². The fraction of sp³-hybridized carbons (Fsp3) is 0.385. The lowest BCUT2D eigenvalue weighted by Crippen LogP contribution is -2.30. The number of hydrogen-bond acceptors (Lipinski definition) is 1. The second kappa shape index (κ2) is 4.22. The molecule has 2 rings (SSSR count). The van der Waals surface area contributed by atoms with Gasteiger partial charge in [0, 0.05) is 33.5 Å². The van der Waals surface area contributed by atoms with Gasteiger partial charge in [-0.25, -0.2) is 0 Å². The summed E-state index contributed by atoms with van der Waals surface area (Å²) in [7, 11) is 1.99. The summed E-state index contributed by atoms with van der Waals surface area (Å²) in [6.07, 6.45) is 2.12. The van der Waals surface area contributed by atoms with Gasteiger partial charge in [0.05, 0.1) is 0 Å². The van der Waals surface area contributed by atoms with E-state index in [0.717, 1.165) is 11.0 Å². The Morgan fingerprint density at radius 2 is 2.12 bits per heavy atom. The lowest BCUT2D eigenvalue weighted by Gasteiger charge is -2.23. The first-order valence-corrected chi connectivity index (χ1v) is 6.25.